The van der Waals surface area contributed by atoms with Crippen LogP contribution in [0.25, 0.3) is 10.9 Å². The van der Waals surface area contributed by atoms with Gasteiger partial charge in [0.1, 0.15) is 17.1 Å². The number of nitrogens with zero attached hydrogens (tertiary/aromatic N) is 4. The highest BCUT2D eigenvalue weighted by Crippen LogP contribution is 2.37. The van der Waals surface area contributed by atoms with Crippen LogP contribution in [0.5, 0.6) is 0 Å². The van der Waals surface area contributed by atoms with Crippen LogP contribution in [0, 0.1) is 5.82 Å². The zero-order valence-electron chi connectivity index (χ0n) is 19.8. The maximum Gasteiger partial charge on any atom is 0.329 e. The number of anilines is 2. The molecular formula is C23H29F2N5O4. The molecule has 3 amide bonds. The maximum absolute atomic E-state index is 15.3. The molecule has 0 saturated carbocycles. The first-order valence-electron chi connectivity index (χ1n) is 11.3. The van der Waals surface area contributed by atoms with Gasteiger partial charge in [0.05, 0.1) is 17.6 Å². The summed E-state index contributed by atoms with van der Waals surface area (Å²) in [6, 6.07) is 2.35. The summed E-state index contributed by atoms with van der Waals surface area (Å²) in [6.45, 7) is 5.84. The first kappa shape index (κ1) is 23.9. The average molecular weight is 478 g/mol. The van der Waals surface area contributed by atoms with Gasteiger partial charge in [-0.2, -0.15) is 5.10 Å². The molecule has 1 aromatic heterocycles. The summed E-state index contributed by atoms with van der Waals surface area (Å²) in [7, 11) is 1.68. The summed E-state index contributed by atoms with van der Waals surface area (Å²) in [6.07, 6.45) is -0.0534. The zero-order chi connectivity index (χ0) is 24.8. The smallest absolute Gasteiger partial charge is 0.329 e. The molecule has 0 aliphatic carbocycles. The fourth-order valence-corrected chi connectivity index (χ4v) is 4.42. The molecule has 2 aliphatic heterocycles. The summed E-state index contributed by atoms with van der Waals surface area (Å²) in [4.78, 5) is 38.9. The van der Waals surface area contributed by atoms with Crippen LogP contribution in [0.1, 0.15) is 46.5 Å². The third-order valence-electron chi connectivity index (χ3n) is 6.09. The molecule has 4 rings (SSSR count). The lowest BCUT2D eigenvalue weighted by Crippen LogP contribution is -2.49. The summed E-state index contributed by atoms with van der Waals surface area (Å²) in [5.74, 6) is -1.20. The standard InChI is InChI=1S/C23H29F2N5O4/c1-22(2,3)34-19(32)13-23(25)6-9-29(10-7-23)17-12-16-14(11-15(17)24)20(27-28(16)4)30-8-5-18(31)26-21(30)33/h11-12H,5-10,13H2,1-4H3,(H,26,31,33). The van der Waals surface area contributed by atoms with Gasteiger partial charge in [-0.25, -0.2) is 13.6 Å². The van der Waals surface area contributed by atoms with Gasteiger partial charge >= 0.3 is 12.0 Å². The molecule has 1 N–H and O–H groups in total. The van der Waals surface area contributed by atoms with Crippen molar-refractivity contribution in [3.05, 3.63) is 17.9 Å². The maximum atomic E-state index is 15.3. The van der Waals surface area contributed by atoms with Crippen molar-refractivity contribution < 1.29 is 27.9 Å². The summed E-state index contributed by atoms with van der Waals surface area (Å²) in [5.41, 5.74) is -1.47. The van der Waals surface area contributed by atoms with Crippen molar-refractivity contribution >= 4 is 40.3 Å². The minimum absolute atomic E-state index is 0.0718. The van der Waals surface area contributed by atoms with Crippen molar-refractivity contribution in [3.63, 3.8) is 0 Å². The van der Waals surface area contributed by atoms with Crippen LogP contribution >= 0.6 is 0 Å². The Bertz CT molecular complexity index is 1150. The van der Waals surface area contributed by atoms with Crippen LogP contribution < -0.4 is 15.1 Å². The van der Waals surface area contributed by atoms with Gasteiger partial charge in [-0.1, -0.05) is 0 Å². The monoisotopic (exact) mass is 477 g/mol. The van der Waals surface area contributed by atoms with Crippen LogP contribution in [-0.4, -0.2) is 58.6 Å². The molecule has 9 nitrogen and oxygen atoms in total. The van der Waals surface area contributed by atoms with E-state index in [-0.39, 0.29) is 57.0 Å². The Balaban J connectivity index is 1.52. The summed E-state index contributed by atoms with van der Waals surface area (Å²) < 4.78 is 37.3. The van der Waals surface area contributed by atoms with Crippen molar-refractivity contribution in [2.24, 2.45) is 7.05 Å². The molecule has 0 atom stereocenters. The molecule has 11 heteroatoms. The minimum atomic E-state index is -1.70. The van der Waals surface area contributed by atoms with Crippen LogP contribution in [0.2, 0.25) is 0 Å². The highest BCUT2D eigenvalue weighted by molar-refractivity contribution is 6.09. The number of imide groups is 1. The molecule has 2 aromatic rings. The Morgan fingerprint density at radius 2 is 1.88 bits per heavy atom. The number of nitrogens with one attached hydrogen (secondary N) is 1. The number of hydrogen-bond donors (Lipinski definition) is 1. The number of alkyl halides is 1. The van der Waals surface area contributed by atoms with Gasteiger partial charge in [0.25, 0.3) is 0 Å². The lowest BCUT2D eigenvalue weighted by atomic mass is 9.89. The number of amides is 3. The van der Waals surface area contributed by atoms with E-state index in [9.17, 15) is 14.4 Å². The van der Waals surface area contributed by atoms with E-state index >= 15 is 8.78 Å². The number of fused-ring (bicyclic) bond motifs is 1. The highest BCUT2D eigenvalue weighted by Gasteiger charge is 2.39. The molecule has 0 radical (unpaired) electrons. The number of urea groups is 1. The van der Waals surface area contributed by atoms with Crippen molar-refractivity contribution in [1.82, 2.24) is 15.1 Å². The number of aromatic nitrogens is 2. The average Bonchev–Trinajstić information content (AvgIpc) is 3.01. The third-order valence-corrected chi connectivity index (χ3v) is 6.09. The van der Waals surface area contributed by atoms with E-state index in [0.717, 1.165) is 0 Å². The normalized spacial score (nSPS) is 18.9. The molecule has 2 saturated heterocycles. The van der Waals surface area contributed by atoms with Gasteiger partial charge in [-0.15, -0.1) is 0 Å². The fourth-order valence-electron chi connectivity index (χ4n) is 4.42. The van der Waals surface area contributed by atoms with E-state index in [2.05, 4.69) is 10.4 Å². The SMILES string of the molecule is Cn1nc(N2CCC(=O)NC2=O)c2cc(F)c(N3CCC(F)(CC(=O)OC(C)(C)C)CC3)cc21. The number of carbonyl (C=O) groups excluding carboxylic acids is 3. The molecule has 0 bridgehead atoms. The predicted octanol–water partition coefficient (Wildman–Crippen LogP) is 3.20. The van der Waals surface area contributed by atoms with Crippen LogP contribution in [0.4, 0.5) is 25.1 Å². The van der Waals surface area contributed by atoms with Gasteiger partial charge < -0.3 is 9.64 Å². The molecule has 34 heavy (non-hydrogen) atoms. The van der Waals surface area contributed by atoms with Crippen molar-refractivity contribution in [2.75, 3.05) is 29.4 Å². The van der Waals surface area contributed by atoms with E-state index in [0.29, 0.717) is 16.6 Å². The van der Waals surface area contributed by atoms with Gasteiger partial charge in [0, 0.05) is 38.5 Å². The third kappa shape index (κ3) is 4.83. The largest absolute Gasteiger partial charge is 0.460 e. The van der Waals surface area contributed by atoms with E-state index < -0.39 is 29.1 Å². The number of ether oxygens (including phenoxy) is 1. The minimum Gasteiger partial charge on any atom is -0.460 e. The number of hydrogen-bond acceptors (Lipinski definition) is 6. The van der Waals surface area contributed by atoms with Gasteiger partial charge in [-0.05, 0) is 45.7 Å². The predicted molar refractivity (Wildman–Crippen MR) is 122 cm³/mol. The highest BCUT2D eigenvalue weighted by atomic mass is 19.1. The van der Waals surface area contributed by atoms with E-state index in [1.807, 2.05) is 0 Å². The molecule has 2 fully saturated rings. The molecular weight excluding hydrogens is 448 g/mol. The van der Waals surface area contributed by atoms with E-state index in [1.165, 1.54) is 11.0 Å². The summed E-state index contributed by atoms with van der Waals surface area (Å²) >= 11 is 0. The second-order valence-corrected chi connectivity index (χ2v) is 9.92. The number of carbonyl (C=O) groups is 3. The molecule has 184 valence electrons. The van der Waals surface area contributed by atoms with Crippen LogP contribution in [0.3, 0.4) is 0 Å². The number of esters is 1. The lowest BCUT2D eigenvalue weighted by Gasteiger charge is -2.37. The van der Waals surface area contributed by atoms with Crippen LogP contribution in [-0.2, 0) is 21.4 Å². The van der Waals surface area contributed by atoms with Gasteiger partial charge in [0.15, 0.2) is 5.82 Å². The number of piperidine rings is 1. The van der Waals surface area contributed by atoms with Gasteiger partial charge in [-0.3, -0.25) is 24.5 Å². The summed E-state index contributed by atoms with van der Waals surface area (Å²) in [5, 5.41) is 7.06. The Kier molecular flexibility index (Phi) is 5.99. The molecule has 0 spiro atoms. The molecule has 3 heterocycles. The number of rotatable bonds is 4. The Morgan fingerprint density at radius 3 is 2.50 bits per heavy atom. The number of aryl methyl sites for hydroxylation is 1. The van der Waals surface area contributed by atoms with E-state index in [1.54, 1.807) is 43.5 Å². The number of benzene rings is 1. The zero-order valence-corrected chi connectivity index (χ0v) is 19.8. The van der Waals surface area contributed by atoms with Crippen molar-refractivity contribution in [2.45, 2.75) is 57.7 Å². The Hall–Kier alpha value is -3.24. The molecule has 1 aromatic carbocycles. The molecule has 2 aliphatic rings. The van der Waals surface area contributed by atoms with E-state index in [4.69, 9.17) is 4.74 Å². The van der Waals surface area contributed by atoms with Crippen molar-refractivity contribution in [1.29, 1.82) is 0 Å². The topological polar surface area (TPSA) is 96.8 Å². The van der Waals surface area contributed by atoms with Crippen LogP contribution in [0.15, 0.2) is 12.1 Å². The second-order valence-electron chi connectivity index (χ2n) is 9.92. The lowest BCUT2D eigenvalue weighted by molar-refractivity contribution is -0.158. The Labute approximate surface area is 196 Å². The first-order valence-corrected chi connectivity index (χ1v) is 11.3. The van der Waals surface area contributed by atoms with Crippen molar-refractivity contribution in [3.8, 4) is 0 Å². The first-order chi connectivity index (χ1) is 15.8. The number of halogens is 2. The molecule has 0 unspecified atom stereocenters. The fraction of sp³-hybridized carbons (Fsp3) is 0.565. The Morgan fingerprint density at radius 1 is 1.21 bits per heavy atom. The second kappa shape index (κ2) is 8.52. The van der Waals surface area contributed by atoms with Gasteiger partial charge in [0.2, 0.25) is 5.91 Å². The quantitative estimate of drug-likeness (QED) is 0.680.